The quantitative estimate of drug-likeness (QED) is 0.572. The third-order valence-electron chi connectivity index (χ3n) is 1.16. The Labute approximate surface area is 75.0 Å². The van der Waals surface area contributed by atoms with Crippen LogP contribution in [0.1, 0.15) is 0 Å². The predicted octanol–water partition coefficient (Wildman–Crippen LogP) is 2.09. The molecule has 0 atom stereocenters. The number of benzene rings is 1. The van der Waals surface area contributed by atoms with Crippen LogP contribution in [0, 0.1) is 6.07 Å². The molecule has 1 aromatic heterocycles. The summed E-state index contributed by atoms with van der Waals surface area (Å²) in [6, 6.07) is 8.93. The van der Waals surface area contributed by atoms with Crippen molar-refractivity contribution < 1.29 is 18.6 Å². The van der Waals surface area contributed by atoms with Gasteiger partial charge in [-0.2, -0.15) is 29.5 Å². The molecule has 0 saturated carbocycles. The Kier molecular flexibility index (Phi) is 2.49. The second kappa shape index (κ2) is 3.19. The molecule has 2 rings (SSSR count). The van der Waals surface area contributed by atoms with Crippen molar-refractivity contribution in [2.45, 2.75) is 0 Å². The molecule has 10 heavy (non-hydrogen) atoms. The molecule has 0 fully saturated rings. The van der Waals surface area contributed by atoms with Gasteiger partial charge in [-0.25, -0.2) is 0 Å². The van der Waals surface area contributed by atoms with Crippen molar-refractivity contribution in [1.29, 1.82) is 0 Å². The predicted molar refractivity (Wildman–Crippen MR) is 38.5 cm³/mol. The summed E-state index contributed by atoms with van der Waals surface area (Å²) >= 11 is 1.62. The molecular formula is C7H4NSV-. The Morgan fingerprint density at radius 3 is 3.20 bits per heavy atom. The van der Waals surface area contributed by atoms with Gasteiger partial charge in [0.2, 0.25) is 0 Å². The molecule has 0 bridgehead atoms. The Balaban J connectivity index is 0.000000500. The van der Waals surface area contributed by atoms with Crippen molar-refractivity contribution in [3.05, 3.63) is 29.8 Å². The van der Waals surface area contributed by atoms with Crippen LogP contribution in [0.15, 0.2) is 23.7 Å². The molecule has 1 heterocycles. The standard InChI is InChI=1S/C7H4NS.V/c1-2-4-7-6(3-1)8-5-9-7;/h1-3,5H;/q-1;. The fourth-order valence-corrected chi connectivity index (χ4v) is 1.39. The van der Waals surface area contributed by atoms with Crippen molar-refractivity contribution in [3.8, 4) is 0 Å². The molecule has 2 aromatic rings. The minimum atomic E-state index is 0. The number of hydrogen-bond donors (Lipinski definition) is 0. The van der Waals surface area contributed by atoms with Crippen molar-refractivity contribution in [3.63, 3.8) is 0 Å². The fraction of sp³-hybridized carbons (Fsp3) is 0. The first-order chi connectivity index (χ1) is 4.47. The largest absolute Gasteiger partial charge is 0.309 e. The second-order valence-electron chi connectivity index (χ2n) is 1.74. The summed E-state index contributed by atoms with van der Waals surface area (Å²) in [5.41, 5.74) is 2.88. The van der Waals surface area contributed by atoms with Crippen LogP contribution < -0.4 is 0 Å². The van der Waals surface area contributed by atoms with E-state index in [2.05, 4.69) is 11.1 Å². The van der Waals surface area contributed by atoms with Gasteiger partial charge in [0.25, 0.3) is 0 Å². The molecule has 1 nitrogen and oxygen atoms in total. The Morgan fingerprint density at radius 2 is 2.40 bits per heavy atom. The SMILES string of the molecule is [V].[c-]1cccc2ncsc12. The van der Waals surface area contributed by atoms with Gasteiger partial charge in [0, 0.05) is 18.6 Å². The van der Waals surface area contributed by atoms with E-state index < -0.39 is 0 Å². The Bertz CT molecular complexity index is 288. The maximum atomic E-state index is 4.11. The van der Waals surface area contributed by atoms with Crippen LogP contribution in [0.3, 0.4) is 0 Å². The normalized spacial score (nSPS) is 9.20. The molecule has 0 unspecified atom stereocenters. The van der Waals surface area contributed by atoms with Gasteiger partial charge in [0.15, 0.2) is 0 Å². The molecule has 0 aliphatic rings. The Hall–Kier alpha value is -0.306. The van der Waals surface area contributed by atoms with Crippen molar-refractivity contribution in [2.75, 3.05) is 0 Å². The fourth-order valence-electron chi connectivity index (χ4n) is 0.745. The van der Waals surface area contributed by atoms with Crippen LogP contribution in [0.25, 0.3) is 10.2 Å². The summed E-state index contributed by atoms with van der Waals surface area (Å²) in [5, 5.41) is 0. The molecule has 3 heteroatoms. The summed E-state index contributed by atoms with van der Waals surface area (Å²) in [7, 11) is 0. The van der Waals surface area contributed by atoms with Crippen molar-refractivity contribution in [1.82, 2.24) is 4.98 Å². The average Bonchev–Trinajstić information content (AvgIpc) is 2.33. The van der Waals surface area contributed by atoms with Gasteiger partial charge in [-0.05, 0) is 5.52 Å². The van der Waals surface area contributed by atoms with Crippen LogP contribution >= 0.6 is 11.3 Å². The zero-order valence-electron chi connectivity index (χ0n) is 5.11. The summed E-state index contributed by atoms with van der Waals surface area (Å²) in [5.74, 6) is 0. The number of hydrogen-bond acceptors (Lipinski definition) is 2. The maximum absolute atomic E-state index is 4.11. The molecule has 0 aliphatic carbocycles. The molecule has 49 valence electrons. The summed E-state index contributed by atoms with van der Waals surface area (Å²) in [4.78, 5) is 4.11. The first kappa shape index (κ1) is 7.80. The first-order valence-corrected chi connectivity index (χ1v) is 3.55. The Morgan fingerprint density at radius 1 is 1.50 bits per heavy atom. The van der Waals surface area contributed by atoms with Gasteiger partial charge in [-0.3, -0.25) is 0 Å². The minimum Gasteiger partial charge on any atom is -0.309 e. The minimum absolute atomic E-state index is 0. The van der Waals surface area contributed by atoms with Gasteiger partial charge in [0.05, 0.1) is 5.51 Å². The molecule has 0 N–H and O–H groups in total. The van der Waals surface area contributed by atoms with Crippen LogP contribution in [-0.4, -0.2) is 4.98 Å². The zero-order valence-corrected chi connectivity index (χ0v) is 7.33. The smallest absolute Gasteiger partial charge is 0.0634 e. The number of aromatic nitrogens is 1. The third-order valence-corrected chi connectivity index (χ3v) is 1.93. The number of rotatable bonds is 0. The monoisotopic (exact) mass is 185 g/mol. The van der Waals surface area contributed by atoms with E-state index in [1.807, 2.05) is 23.7 Å². The molecular weight excluding hydrogens is 181 g/mol. The molecule has 0 aliphatic heterocycles. The van der Waals surface area contributed by atoms with E-state index in [4.69, 9.17) is 0 Å². The summed E-state index contributed by atoms with van der Waals surface area (Å²) < 4.78 is 1.14. The molecule has 0 spiro atoms. The van der Waals surface area contributed by atoms with Crippen LogP contribution in [0.5, 0.6) is 0 Å². The number of thiazole rings is 1. The van der Waals surface area contributed by atoms with E-state index in [1.165, 1.54) is 0 Å². The molecule has 1 radical (unpaired) electrons. The maximum Gasteiger partial charge on any atom is 0.0634 e. The zero-order chi connectivity index (χ0) is 6.10. The second-order valence-corrected chi connectivity index (χ2v) is 2.59. The molecule has 0 saturated heterocycles. The van der Waals surface area contributed by atoms with Crippen LogP contribution in [0.2, 0.25) is 0 Å². The number of nitrogens with zero attached hydrogens (tertiary/aromatic N) is 1. The topological polar surface area (TPSA) is 12.9 Å². The van der Waals surface area contributed by atoms with Gasteiger partial charge < -0.3 is 4.98 Å². The van der Waals surface area contributed by atoms with Gasteiger partial charge in [0.1, 0.15) is 0 Å². The van der Waals surface area contributed by atoms with E-state index in [0.29, 0.717) is 0 Å². The van der Waals surface area contributed by atoms with Crippen LogP contribution in [-0.2, 0) is 18.6 Å². The number of fused-ring (bicyclic) bond motifs is 1. The average molecular weight is 185 g/mol. The van der Waals surface area contributed by atoms with Gasteiger partial charge >= 0.3 is 0 Å². The van der Waals surface area contributed by atoms with Crippen LogP contribution in [0.4, 0.5) is 0 Å². The van der Waals surface area contributed by atoms with E-state index in [9.17, 15) is 0 Å². The van der Waals surface area contributed by atoms with Gasteiger partial charge in [-0.1, -0.05) is 4.70 Å². The molecule has 1 aromatic carbocycles. The summed E-state index contributed by atoms with van der Waals surface area (Å²) in [6.45, 7) is 0. The summed E-state index contributed by atoms with van der Waals surface area (Å²) in [6.07, 6.45) is 0. The third kappa shape index (κ3) is 1.24. The van der Waals surface area contributed by atoms with E-state index in [1.54, 1.807) is 11.3 Å². The van der Waals surface area contributed by atoms with Crippen molar-refractivity contribution in [2.24, 2.45) is 0 Å². The first-order valence-electron chi connectivity index (χ1n) is 2.67. The van der Waals surface area contributed by atoms with E-state index in [-0.39, 0.29) is 18.6 Å². The van der Waals surface area contributed by atoms with E-state index >= 15 is 0 Å². The molecule has 0 amide bonds. The van der Waals surface area contributed by atoms with Crippen molar-refractivity contribution >= 4 is 21.6 Å². The van der Waals surface area contributed by atoms with E-state index in [0.717, 1.165) is 10.2 Å². The van der Waals surface area contributed by atoms with Gasteiger partial charge in [-0.15, -0.1) is 6.07 Å².